The number of piperidine rings is 1. The molecule has 0 radical (unpaired) electrons. The van der Waals surface area contributed by atoms with E-state index in [0.717, 1.165) is 31.8 Å². The third kappa shape index (κ3) is 3.98. The van der Waals surface area contributed by atoms with Crippen molar-refractivity contribution in [3.8, 4) is 0 Å². The molecule has 0 aromatic rings. The van der Waals surface area contributed by atoms with Crippen LogP contribution in [0.15, 0.2) is 0 Å². The summed E-state index contributed by atoms with van der Waals surface area (Å²) in [6.07, 6.45) is 7.46. The van der Waals surface area contributed by atoms with Crippen LogP contribution in [0.4, 0.5) is 0 Å². The molecule has 2 aliphatic rings. The molecule has 4 atom stereocenters. The van der Waals surface area contributed by atoms with E-state index in [1.54, 1.807) is 0 Å². The third-order valence-electron chi connectivity index (χ3n) is 4.64. The van der Waals surface area contributed by atoms with Gasteiger partial charge in [0, 0.05) is 19.1 Å². The minimum atomic E-state index is 0.196. The zero-order chi connectivity index (χ0) is 13.0. The lowest BCUT2D eigenvalue weighted by Crippen LogP contribution is -2.45. The molecule has 2 rings (SSSR count). The lowest BCUT2D eigenvalue weighted by molar-refractivity contribution is -0.125. The molecule has 1 heterocycles. The van der Waals surface area contributed by atoms with Gasteiger partial charge in [0.1, 0.15) is 0 Å². The van der Waals surface area contributed by atoms with Crippen LogP contribution in [0, 0.1) is 17.8 Å². The van der Waals surface area contributed by atoms with Gasteiger partial charge in [-0.3, -0.25) is 4.79 Å². The fourth-order valence-electron chi connectivity index (χ4n) is 3.36. The van der Waals surface area contributed by atoms with E-state index in [1.165, 1.54) is 25.7 Å². The minimum Gasteiger partial charge on any atom is -0.356 e. The highest BCUT2D eigenvalue weighted by Crippen LogP contribution is 2.28. The number of carbonyl (C=O) groups is 1. The summed E-state index contributed by atoms with van der Waals surface area (Å²) in [7, 11) is 0. The second kappa shape index (κ2) is 6.55. The van der Waals surface area contributed by atoms with Crippen molar-refractivity contribution < 1.29 is 4.79 Å². The molecule has 0 aromatic heterocycles. The van der Waals surface area contributed by atoms with Gasteiger partial charge in [-0.1, -0.05) is 19.8 Å². The normalized spacial score (nSPS) is 37.2. The maximum Gasteiger partial charge on any atom is 0.224 e. The smallest absolute Gasteiger partial charge is 0.224 e. The molecule has 1 saturated heterocycles. The van der Waals surface area contributed by atoms with Crippen LogP contribution in [0.25, 0.3) is 0 Å². The number of nitrogens with one attached hydrogen (secondary N) is 2. The highest BCUT2D eigenvalue weighted by molar-refractivity contribution is 5.78. The van der Waals surface area contributed by atoms with E-state index < -0.39 is 0 Å². The Morgan fingerprint density at radius 2 is 2.06 bits per heavy atom. The van der Waals surface area contributed by atoms with E-state index in [9.17, 15) is 4.79 Å². The molecule has 2 N–H and O–H groups in total. The lowest BCUT2D eigenvalue weighted by atomic mass is 9.82. The second-order valence-corrected chi connectivity index (χ2v) is 6.47. The summed E-state index contributed by atoms with van der Waals surface area (Å²) in [6, 6.07) is 0.577. The molecule has 1 aliphatic carbocycles. The van der Waals surface area contributed by atoms with E-state index >= 15 is 0 Å². The molecular weight excluding hydrogens is 224 g/mol. The summed E-state index contributed by atoms with van der Waals surface area (Å²) < 4.78 is 0. The maximum absolute atomic E-state index is 12.1. The van der Waals surface area contributed by atoms with Crippen molar-refractivity contribution in [2.24, 2.45) is 17.8 Å². The highest BCUT2D eigenvalue weighted by atomic mass is 16.1. The van der Waals surface area contributed by atoms with Crippen molar-refractivity contribution in [1.82, 2.24) is 10.6 Å². The predicted molar refractivity (Wildman–Crippen MR) is 74.3 cm³/mol. The Kier molecular flexibility index (Phi) is 5.04. The van der Waals surface area contributed by atoms with Crippen LogP contribution in [0.3, 0.4) is 0 Å². The molecule has 3 nitrogen and oxygen atoms in total. The molecule has 3 heteroatoms. The monoisotopic (exact) mass is 252 g/mol. The average Bonchev–Trinajstić information content (AvgIpc) is 2.37. The van der Waals surface area contributed by atoms with Crippen LogP contribution in [0.1, 0.15) is 52.4 Å². The number of rotatable bonds is 3. The Morgan fingerprint density at radius 3 is 2.72 bits per heavy atom. The Hall–Kier alpha value is -0.570. The van der Waals surface area contributed by atoms with E-state index in [2.05, 4.69) is 24.5 Å². The summed E-state index contributed by atoms with van der Waals surface area (Å²) in [4.78, 5) is 12.1. The van der Waals surface area contributed by atoms with Crippen LogP contribution >= 0.6 is 0 Å². The molecule has 4 unspecified atom stereocenters. The van der Waals surface area contributed by atoms with Gasteiger partial charge in [0.25, 0.3) is 0 Å². The molecule has 0 spiro atoms. The number of hydrogen-bond acceptors (Lipinski definition) is 2. The van der Waals surface area contributed by atoms with Crippen molar-refractivity contribution in [2.45, 2.75) is 58.4 Å². The first-order chi connectivity index (χ1) is 8.65. The Morgan fingerprint density at radius 1 is 1.22 bits per heavy atom. The molecule has 0 bridgehead atoms. The van der Waals surface area contributed by atoms with E-state index in [0.29, 0.717) is 12.0 Å². The van der Waals surface area contributed by atoms with Gasteiger partial charge >= 0.3 is 0 Å². The summed E-state index contributed by atoms with van der Waals surface area (Å²) in [5, 5.41) is 6.58. The van der Waals surface area contributed by atoms with Crippen molar-refractivity contribution in [3.63, 3.8) is 0 Å². The van der Waals surface area contributed by atoms with Gasteiger partial charge in [0.05, 0.1) is 5.92 Å². The Labute approximate surface area is 111 Å². The van der Waals surface area contributed by atoms with Crippen molar-refractivity contribution in [2.75, 3.05) is 13.1 Å². The largest absolute Gasteiger partial charge is 0.356 e. The van der Waals surface area contributed by atoms with Crippen LogP contribution in [-0.2, 0) is 4.79 Å². The van der Waals surface area contributed by atoms with Gasteiger partial charge in [-0.05, 0) is 44.4 Å². The summed E-state index contributed by atoms with van der Waals surface area (Å²) in [5.74, 6) is 2.03. The summed E-state index contributed by atoms with van der Waals surface area (Å²) in [5.41, 5.74) is 0. The van der Waals surface area contributed by atoms with E-state index in [-0.39, 0.29) is 11.8 Å². The number of amides is 1. The lowest BCUT2D eigenvalue weighted by Gasteiger charge is -2.29. The molecule has 104 valence electrons. The molecule has 0 aromatic carbocycles. The van der Waals surface area contributed by atoms with Gasteiger partial charge in [0.15, 0.2) is 0 Å². The number of hydrogen-bond donors (Lipinski definition) is 2. The SMILES string of the molecule is CC1CCCC(CNC(=O)C2CCC(C)NC2)C1. The van der Waals surface area contributed by atoms with Crippen LogP contribution in [-0.4, -0.2) is 25.0 Å². The van der Waals surface area contributed by atoms with Gasteiger partial charge in [-0.25, -0.2) is 0 Å². The quantitative estimate of drug-likeness (QED) is 0.809. The fraction of sp³-hybridized carbons (Fsp3) is 0.933. The van der Waals surface area contributed by atoms with Crippen LogP contribution in [0.5, 0.6) is 0 Å². The van der Waals surface area contributed by atoms with E-state index in [1.807, 2.05) is 0 Å². The first kappa shape index (κ1) is 13.9. The second-order valence-electron chi connectivity index (χ2n) is 6.47. The highest BCUT2D eigenvalue weighted by Gasteiger charge is 2.25. The topological polar surface area (TPSA) is 41.1 Å². The van der Waals surface area contributed by atoms with Crippen molar-refractivity contribution in [1.29, 1.82) is 0 Å². The number of carbonyl (C=O) groups excluding carboxylic acids is 1. The van der Waals surface area contributed by atoms with E-state index in [4.69, 9.17) is 0 Å². The summed E-state index contributed by atoms with van der Waals surface area (Å²) >= 11 is 0. The average molecular weight is 252 g/mol. The molecule has 2 fully saturated rings. The minimum absolute atomic E-state index is 0.196. The van der Waals surface area contributed by atoms with Gasteiger partial charge < -0.3 is 10.6 Å². The zero-order valence-electron chi connectivity index (χ0n) is 11.9. The Balaban J connectivity index is 1.68. The third-order valence-corrected chi connectivity index (χ3v) is 4.64. The zero-order valence-corrected chi connectivity index (χ0v) is 11.9. The van der Waals surface area contributed by atoms with Crippen molar-refractivity contribution in [3.05, 3.63) is 0 Å². The molecule has 1 amide bonds. The summed E-state index contributed by atoms with van der Waals surface area (Å²) in [6.45, 7) is 6.28. The van der Waals surface area contributed by atoms with Crippen LogP contribution in [0.2, 0.25) is 0 Å². The predicted octanol–water partition coefficient (Wildman–Crippen LogP) is 2.32. The molecule has 1 saturated carbocycles. The molecule has 1 aliphatic heterocycles. The maximum atomic E-state index is 12.1. The molecular formula is C15H28N2O. The molecule has 18 heavy (non-hydrogen) atoms. The van der Waals surface area contributed by atoms with Gasteiger partial charge in [-0.15, -0.1) is 0 Å². The first-order valence-corrected chi connectivity index (χ1v) is 7.66. The van der Waals surface area contributed by atoms with Crippen molar-refractivity contribution >= 4 is 5.91 Å². The standard InChI is InChI=1S/C15H28N2O/c1-11-4-3-5-13(8-11)9-17-15(18)14-7-6-12(2)16-10-14/h11-14,16H,3-10H2,1-2H3,(H,17,18). The Bertz CT molecular complexity index is 272. The first-order valence-electron chi connectivity index (χ1n) is 7.66. The van der Waals surface area contributed by atoms with Gasteiger partial charge in [-0.2, -0.15) is 0 Å². The van der Waals surface area contributed by atoms with Gasteiger partial charge in [0.2, 0.25) is 5.91 Å². The fourth-order valence-corrected chi connectivity index (χ4v) is 3.36. The van der Waals surface area contributed by atoms with Crippen LogP contribution < -0.4 is 10.6 Å².